The fraction of sp³-hybridized carbons (Fsp3) is 0. The summed E-state index contributed by atoms with van der Waals surface area (Å²) in [6, 6.07) is 116. The molecule has 0 aliphatic carbocycles. The van der Waals surface area contributed by atoms with Gasteiger partial charge < -0.3 is 25.5 Å². The Kier molecular flexibility index (Phi) is 17.4. The van der Waals surface area contributed by atoms with Gasteiger partial charge in [-0.3, -0.25) is 35.5 Å². The molecule has 0 fully saturated rings. The van der Waals surface area contributed by atoms with Crippen LogP contribution in [0.5, 0.6) is 0 Å². The molecule has 0 saturated heterocycles. The Morgan fingerprint density at radius 2 is 0.455 bits per heavy atom. The Morgan fingerprint density at radius 3 is 0.724 bits per heavy atom. The van der Waals surface area contributed by atoms with E-state index in [2.05, 4.69) is 392 Å². The zero-order valence-corrected chi connectivity index (χ0v) is 79.0. The number of rotatable bonds is 8. The molecule has 30 aromatic rings. The molecule has 30 heteroatoms. The SMILES string of the molecule is Brc1ccc2nc3n(c2c1)c1cccc2c1n3c1nc3ccc(Br)cc3n21.Brc1ccc2nc3n(c2c1)c1cccc2c1n3c1nc3ccc(Br)cc3n21.Nc1c(-n2c(=O)[nH]c3ccc(Br)cc32)cccc1-n1c(=O)[nH]c2ccc(Br)cc21.c1ccc(N(c2ccccc2)c2ccc3nc4n(c3c2)c2cccc3c2n4c2nc4ccc(N(c5ccccc5)c5ccccc5)cc4n32)cc1. The van der Waals surface area contributed by atoms with Gasteiger partial charge in [0.1, 0.15) is 16.6 Å². The smallest absolute Gasteiger partial charge is 0.331 e. The van der Waals surface area contributed by atoms with Crippen LogP contribution in [-0.4, -0.2) is 88.6 Å². The first kappa shape index (κ1) is 78.4. The van der Waals surface area contributed by atoms with Crippen LogP contribution in [0.1, 0.15) is 0 Å². The van der Waals surface area contributed by atoms with Crippen molar-refractivity contribution in [2.45, 2.75) is 0 Å². The largest absolute Gasteiger partial charge is 0.395 e. The number of nitrogens with one attached hydrogen (secondary N) is 2. The van der Waals surface area contributed by atoms with E-state index < -0.39 is 0 Å². The van der Waals surface area contributed by atoms with Crippen molar-refractivity contribution in [2.75, 3.05) is 15.5 Å². The second kappa shape index (κ2) is 29.8. The molecule has 640 valence electrons. The Bertz CT molecular complexity index is 9360. The molecular formula is C104H60Br6N22O2. The number of aromatic nitrogens is 19. The summed E-state index contributed by atoms with van der Waals surface area (Å²) in [5.74, 6) is 5.25. The molecule has 0 atom stereocenters. The lowest BCUT2D eigenvalue weighted by molar-refractivity contribution is 0.992. The number of nitrogen functional groups attached to an aromatic ring is 1. The number of anilines is 7. The van der Waals surface area contributed by atoms with Gasteiger partial charge in [0.05, 0.1) is 138 Å². The Balaban J connectivity index is 0.0000000952. The van der Waals surface area contributed by atoms with Gasteiger partial charge in [-0.15, -0.1) is 0 Å². The van der Waals surface area contributed by atoms with E-state index >= 15 is 0 Å². The third-order valence-electron chi connectivity index (χ3n) is 25.3. The maximum absolute atomic E-state index is 12.7. The lowest BCUT2D eigenvalue weighted by Crippen LogP contribution is -2.19. The molecule has 16 aromatic carbocycles. The fourth-order valence-electron chi connectivity index (χ4n) is 19.8. The highest BCUT2D eigenvalue weighted by molar-refractivity contribution is 9.11. The zero-order chi connectivity index (χ0) is 89.5. The highest BCUT2D eigenvalue weighted by Crippen LogP contribution is 2.45. The Hall–Kier alpha value is -15.4. The third-order valence-corrected chi connectivity index (χ3v) is 28.3. The highest BCUT2D eigenvalue weighted by Gasteiger charge is 2.30. The number of nitrogens with two attached hydrogens (primary N) is 1. The second-order valence-corrected chi connectivity index (χ2v) is 38.4. The number of H-pyrrole nitrogens is 2. The van der Waals surface area contributed by atoms with Crippen LogP contribution in [0.2, 0.25) is 0 Å². The van der Waals surface area contributed by atoms with E-state index in [1.165, 1.54) is 9.13 Å². The average molecular weight is 2130 g/mol. The molecule has 14 heterocycles. The quantitative estimate of drug-likeness (QED) is 0.121. The van der Waals surface area contributed by atoms with Crippen LogP contribution in [0, 0.1) is 0 Å². The van der Waals surface area contributed by atoms with E-state index in [1.54, 1.807) is 18.2 Å². The van der Waals surface area contributed by atoms with Gasteiger partial charge in [0.15, 0.2) is 0 Å². The normalized spacial score (nSPS) is 12.2. The van der Waals surface area contributed by atoms with E-state index in [0.717, 1.165) is 211 Å². The number of hydrogen-bond donors (Lipinski definition) is 3. The molecule has 30 rings (SSSR count). The zero-order valence-electron chi connectivity index (χ0n) is 69.5. The molecule has 0 aliphatic rings. The summed E-state index contributed by atoms with van der Waals surface area (Å²) < 4.78 is 28.9. The van der Waals surface area contributed by atoms with Crippen molar-refractivity contribution in [3.05, 3.63) is 388 Å². The van der Waals surface area contributed by atoms with Crippen molar-refractivity contribution >= 4 is 308 Å². The minimum atomic E-state index is -0.309. The number of hydrogen-bond acceptors (Lipinski definition) is 11. The van der Waals surface area contributed by atoms with E-state index in [9.17, 15) is 9.59 Å². The van der Waals surface area contributed by atoms with Gasteiger partial charge in [0, 0.05) is 61.0 Å². The van der Waals surface area contributed by atoms with Crippen molar-refractivity contribution in [1.29, 1.82) is 0 Å². The van der Waals surface area contributed by atoms with Gasteiger partial charge in [0.25, 0.3) is 0 Å². The molecule has 24 nitrogen and oxygen atoms in total. The second-order valence-electron chi connectivity index (χ2n) is 32.9. The minimum absolute atomic E-state index is 0.309. The molecule has 0 spiro atoms. The van der Waals surface area contributed by atoms with E-state index in [1.807, 2.05) is 84.9 Å². The predicted octanol–water partition coefficient (Wildman–Crippen LogP) is 26.4. The number of nitrogens with zero attached hydrogens (tertiary/aromatic N) is 19. The number of aromatic amines is 2. The monoisotopic (exact) mass is 2120 g/mol. The molecule has 0 bridgehead atoms. The van der Waals surface area contributed by atoms with Gasteiger partial charge in [-0.25, -0.2) is 52.7 Å². The summed E-state index contributed by atoms with van der Waals surface area (Å²) in [6.45, 7) is 0. The first-order valence-electron chi connectivity index (χ1n) is 42.8. The van der Waals surface area contributed by atoms with Crippen molar-refractivity contribution in [1.82, 2.24) is 88.6 Å². The molecule has 0 aliphatic heterocycles. The van der Waals surface area contributed by atoms with Crippen molar-refractivity contribution in [3.63, 3.8) is 0 Å². The fourth-order valence-corrected chi connectivity index (χ4v) is 21.9. The minimum Gasteiger partial charge on any atom is -0.395 e. The van der Waals surface area contributed by atoms with Gasteiger partial charge in [0.2, 0.25) is 34.7 Å². The number of para-hydroxylation sites is 8. The summed E-state index contributed by atoms with van der Waals surface area (Å²) in [4.78, 5) is 65.8. The molecule has 0 radical (unpaired) electrons. The van der Waals surface area contributed by atoms with Crippen LogP contribution in [-0.2, 0) is 0 Å². The van der Waals surface area contributed by atoms with E-state index in [-0.39, 0.29) is 11.4 Å². The first-order valence-corrected chi connectivity index (χ1v) is 47.5. The lowest BCUT2D eigenvalue weighted by Gasteiger charge is -2.25. The maximum atomic E-state index is 12.7. The van der Waals surface area contributed by atoms with Crippen molar-refractivity contribution in [3.8, 4) is 11.4 Å². The number of fused-ring (bicyclic) bond motifs is 32. The van der Waals surface area contributed by atoms with Gasteiger partial charge in [-0.05, 0) is 243 Å². The maximum Gasteiger partial charge on any atom is 0.331 e. The van der Waals surface area contributed by atoms with Gasteiger partial charge >= 0.3 is 11.4 Å². The summed E-state index contributed by atoms with van der Waals surface area (Å²) in [5.41, 5.74) is 38.8. The van der Waals surface area contributed by atoms with Crippen LogP contribution < -0.4 is 26.9 Å². The van der Waals surface area contributed by atoms with Crippen molar-refractivity contribution < 1.29 is 0 Å². The predicted molar refractivity (Wildman–Crippen MR) is 557 cm³/mol. The Labute approximate surface area is 803 Å². The summed E-state index contributed by atoms with van der Waals surface area (Å²) in [6.07, 6.45) is 0. The molecule has 0 saturated carbocycles. The number of benzene rings is 16. The Morgan fingerprint density at radius 1 is 0.224 bits per heavy atom. The molecule has 4 N–H and O–H groups in total. The van der Waals surface area contributed by atoms with Crippen LogP contribution in [0.25, 0.3) is 184 Å². The topological polar surface area (TPSA) is 225 Å². The molecule has 134 heavy (non-hydrogen) atoms. The summed E-state index contributed by atoms with van der Waals surface area (Å²) in [5, 5.41) is 0. The highest BCUT2D eigenvalue weighted by atomic mass is 79.9. The van der Waals surface area contributed by atoms with E-state index in [0.29, 0.717) is 39.1 Å². The van der Waals surface area contributed by atoms with Gasteiger partial charge in [-0.1, -0.05) is 193 Å². The molecule has 14 aromatic heterocycles. The summed E-state index contributed by atoms with van der Waals surface area (Å²) in [7, 11) is 0. The number of halogens is 6. The van der Waals surface area contributed by atoms with Crippen molar-refractivity contribution in [2.24, 2.45) is 0 Å². The van der Waals surface area contributed by atoms with Crippen LogP contribution in [0.15, 0.2) is 376 Å². The molecule has 0 amide bonds. The molecular weight excluding hydrogens is 2070 g/mol. The first-order chi connectivity index (χ1) is 65.7. The third kappa shape index (κ3) is 11.7. The number of imidazole rings is 14. The average Bonchev–Trinajstić information content (AvgIpc) is 1.52. The van der Waals surface area contributed by atoms with Crippen LogP contribution in [0.3, 0.4) is 0 Å². The molecule has 0 unspecified atom stereocenters. The van der Waals surface area contributed by atoms with Crippen LogP contribution in [0.4, 0.5) is 39.8 Å². The van der Waals surface area contributed by atoms with E-state index in [4.69, 9.17) is 35.6 Å². The summed E-state index contributed by atoms with van der Waals surface area (Å²) >= 11 is 21.2. The van der Waals surface area contributed by atoms with Crippen LogP contribution >= 0.6 is 95.6 Å². The van der Waals surface area contributed by atoms with Gasteiger partial charge in [-0.2, -0.15) is 0 Å². The standard InChI is InChI=1S/C44H29N7.C20H13Br2N5O2.2C20H9Br2N5/c1-5-14-30(15-6-1)47(31-16-7-2-8-17-31)34-24-26-36-40(28-34)49-38-22-13-23-39-42(38)51(43(49)45-36)44-46-37-27-25-35(29-41(37)50(39)44)48(32-18-9-3-10-19-32)33-20-11-4-12-21-33;21-10-4-6-12-16(8-10)26(19(28)24-12)14-2-1-3-15(18(14)23)27-17-9-11(22)5-7-13(17)25-20(27)29;2*21-10-4-6-12-16(8-10)25-14-2-1-3-15-18(14)27(19(25)23-12)20-24-13-7-5-11(22)9-17(13)26(15)20/h1-29H;1-9H,23H2,(H,24,28)(H,25,29);2*1-9H. The lowest BCUT2D eigenvalue weighted by atomic mass is 10.1.